The second-order valence-electron chi connectivity index (χ2n) is 16.0. The van der Waals surface area contributed by atoms with E-state index < -0.39 is 5.41 Å². The van der Waals surface area contributed by atoms with E-state index in [-0.39, 0.29) is 0 Å². The van der Waals surface area contributed by atoms with Crippen LogP contribution in [-0.4, -0.2) is 15.0 Å². The van der Waals surface area contributed by atoms with Crippen molar-refractivity contribution in [3.63, 3.8) is 0 Å². The number of nitrogens with zero attached hydrogens (tertiary/aromatic N) is 4. The Kier molecular flexibility index (Phi) is 8.36. The van der Waals surface area contributed by atoms with Gasteiger partial charge in [0.15, 0.2) is 17.5 Å². The van der Waals surface area contributed by atoms with E-state index in [0.29, 0.717) is 17.5 Å². The molecule has 0 saturated carbocycles. The van der Waals surface area contributed by atoms with E-state index in [1.54, 1.807) is 0 Å². The maximum absolute atomic E-state index is 5.29. The molecule has 0 atom stereocenters. The first-order valence-corrected chi connectivity index (χ1v) is 21.1. The van der Waals surface area contributed by atoms with Gasteiger partial charge in [0.05, 0.1) is 16.8 Å². The van der Waals surface area contributed by atoms with Gasteiger partial charge in [0.25, 0.3) is 0 Å². The monoisotopic (exact) mass is 790 g/mol. The second kappa shape index (κ2) is 14.5. The first-order valence-electron chi connectivity index (χ1n) is 21.1. The van der Waals surface area contributed by atoms with Crippen molar-refractivity contribution >= 4 is 17.1 Å². The molecule has 290 valence electrons. The van der Waals surface area contributed by atoms with Gasteiger partial charge in [-0.25, -0.2) is 15.0 Å². The van der Waals surface area contributed by atoms with Crippen molar-refractivity contribution in [2.24, 2.45) is 0 Å². The highest BCUT2D eigenvalue weighted by Crippen LogP contribution is 2.63. The van der Waals surface area contributed by atoms with Gasteiger partial charge in [0, 0.05) is 22.4 Å². The number of anilines is 3. The molecule has 1 aliphatic heterocycles. The topological polar surface area (TPSA) is 41.9 Å². The van der Waals surface area contributed by atoms with Gasteiger partial charge >= 0.3 is 0 Å². The lowest BCUT2D eigenvalue weighted by atomic mass is 9.64. The van der Waals surface area contributed by atoms with Gasteiger partial charge in [-0.3, -0.25) is 0 Å². The molecule has 1 spiro atoms. The Morgan fingerprint density at radius 3 is 1.21 bits per heavy atom. The molecule has 4 heteroatoms. The maximum atomic E-state index is 5.29. The van der Waals surface area contributed by atoms with Crippen LogP contribution in [0.25, 0.3) is 67.5 Å². The number of benzene rings is 9. The molecule has 2 heterocycles. The Hall–Kier alpha value is -8.21. The van der Waals surface area contributed by atoms with Gasteiger partial charge in [-0.15, -0.1) is 0 Å². The average molecular weight is 791 g/mol. The number of rotatable bonds is 6. The third kappa shape index (κ3) is 5.65. The van der Waals surface area contributed by atoms with Crippen molar-refractivity contribution in [1.29, 1.82) is 0 Å². The van der Waals surface area contributed by atoms with Crippen molar-refractivity contribution in [2.45, 2.75) is 5.41 Å². The maximum Gasteiger partial charge on any atom is 0.164 e. The van der Waals surface area contributed by atoms with Gasteiger partial charge < -0.3 is 4.90 Å². The second-order valence-corrected chi connectivity index (χ2v) is 16.0. The number of hydrogen-bond donors (Lipinski definition) is 0. The summed E-state index contributed by atoms with van der Waals surface area (Å²) in [4.78, 5) is 18.0. The van der Waals surface area contributed by atoms with Crippen LogP contribution >= 0.6 is 0 Å². The smallest absolute Gasteiger partial charge is 0.164 e. The van der Waals surface area contributed by atoms with Crippen molar-refractivity contribution in [1.82, 2.24) is 15.0 Å². The van der Waals surface area contributed by atoms with Crippen LogP contribution in [0.15, 0.2) is 231 Å². The van der Waals surface area contributed by atoms with Crippen molar-refractivity contribution in [3.8, 4) is 67.5 Å². The largest absolute Gasteiger partial charge is 0.310 e. The minimum absolute atomic E-state index is 0.590. The fourth-order valence-electron chi connectivity index (χ4n) is 9.75. The zero-order chi connectivity index (χ0) is 41.0. The molecular formula is C58H38N4. The summed E-state index contributed by atoms with van der Waals surface area (Å²) in [5, 5.41) is 0. The van der Waals surface area contributed by atoms with Gasteiger partial charge in [-0.1, -0.05) is 194 Å². The molecule has 10 aromatic rings. The Bertz CT molecular complexity index is 3230. The molecule has 0 fully saturated rings. The summed E-state index contributed by atoms with van der Waals surface area (Å²) in [6.45, 7) is 0. The Balaban J connectivity index is 1.04. The molecule has 1 aromatic heterocycles. The van der Waals surface area contributed by atoms with E-state index >= 15 is 0 Å². The summed E-state index contributed by atoms with van der Waals surface area (Å²) >= 11 is 0. The zero-order valence-electron chi connectivity index (χ0n) is 33.7. The van der Waals surface area contributed by atoms with E-state index in [1.807, 2.05) is 24.3 Å². The standard InChI is InChI=1S/C58H38N4/c1-4-16-39(17-5-1)40-28-30-41(31-29-40)42-32-34-44(35-33-42)56-59-55(43-18-6-2-7-19-43)60-57(61-56)45-36-37-54-52(38-45)58(49-24-12-10-22-47(49)48-23-11-13-25-50(48)58)51-26-14-15-27-53(51)62(54)46-20-8-3-9-21-46/h1-38H. The van der Waals surface area contributed by atoms with Crippen molar-refractivity contribution in [3.05, 3.63) is 253 Å². The van der Waals surface area contributed by atoms with Crippen LogP contribution in [0, 0.1) is 0 Å². The molecular weight excluding hydrogens is 753 g/mol. The molecule has 9 aromatic carbocycles. The average Bonchev–Trinajstić information content (AvgIpc) is 3.65. The summed E-state index contributed by atoms with van der Waals surface area (Å²) in [5.41, 5.74) is 17.8. The lowest BCUT2D eigenvalue weighted by Gasteiger charge is -2.45. The molecule has 0 bridgehead atoms. The van der Waals surface area contributed by atoms with E-state index in [9.17, 15) is 0 Å². The minimum Gasteiger partial charge on any atom is -0.310 e. The highest BCUT2D eigenvalue weighted by Gasteiger charge is 2.51. The van der Waals surface area contributed by atoms with Crippen molar-refractivity contribution < 1.29 is 0 Å². The Labute approximate surface area is 361 Å². The molecule has 4 nitrogen and oxygen atoms in total. The molecule has 12 rings (SSSR count). The summed E-state index contributed by atoms with van der Waals surface area (Å²) in [6.07, 6.45) is 0. The molecule has 1 aliphatic carbocycles. The molecule has 0 amide bonds. The molecule has 0 N–H and O–H groups in total. The van der Waals surface area contributed by atoms with Crippen LogP contribution in [-0.2, 0) is 5.41 Å². The Morgan fingerprint density at radius 2 is 0.645 bits per heavy atom. The van der Waals surface area contributed by atoms with Crippen LogP contribution in [0.1, 0.15) is 22.3 Å². The van der Waals surface area contributed by atoms with Crippen LogP contribution in [0.5, 0.6) is 0 Å². The fourth-order valence-corrected chi connectivity index (χ4v) is 9.75. The van der Waals surface area contributed by atoms with Gasteiger partial charge in [-0.2, -0.15) is 0 Å². The normalized spacial score (nSPS) is 12.9. The first-order chi connectivity index (χ1) is 30.7. The highest BCUT2D eigenvalue weighted by molar-refractivity contribution is 5.96. The van der Waals surface area contributed by atoms with Gasteiger partial charge in [0.2, 0.25) is 0 Å². The summed E-state index contributed by atoms with van der Waals surface area (Å²) in [5.74, 6) is 1.88. The summed E-state index contributed by atoms with van der Waals surface area (Å²) in [7, 11) is 0. The van der Waals surface area contributed by atoms with Crippen LogP contribution < -0.4 is 4.90 Å². The fraction of sp³-hybridized carbons (Fsp3) is 0.0172. The van der Waals surface area contributed by atoms with Gasteiger partial charge in [0.1, 0.15) is 0 Å². The lowest BCUT2D eigenvalue weighted by molar-refractivity contribution is 0.753. The lowest BCUT2D eigenvalue weighted by Crippen LogP contribution is -2.36. The molecule has 0 saturated heterocycles. The summed E-state index contributed by atoms with van der Waals surface area (Å²) in [6, 6.07) is 82.2. The number of hydrogen-bond acceptors (Lipinski definition) is 4. The quantitative estimate of drug-likeness (QED) is 0.168. The number of para-hydroxylation sites is 2. The van der Waals surface area contributed by atoms with E-state index in [4.69, 9.17) is 15.0 Å². The third-order valence-electron chi connectivity index (χ3n) is 12.6. The molecule has 0 unspecified atom stereocenters. The molecule has 2 aliphatic rings. The number of fused-ring (bicyclic) bond motifs is 9. The van der Waals surface area contributed by atoms with Crippen LogP contribution in [0.3, 0.4) is 0 Å². The van der Waals surface area contributed by atoms with E-state index in [0.717, 1.165) is 44.9 Å². The zero-order valence-corrected chi connectivity index (χ0v) is 33.7. The predicted molar refractivity (Wildman–Crippen MR) is 253 cm³/mol. The number of aromatic nitrogens is 3. The van der Waals surface area contributed by atoms with Crippen LogP contribution in [0.2, 0.25) is 0 Å². The van der Waals surface area contributed by atoms with Crippen molar-refractivity contribution in [2.75, 3.05) is 4.90 Å². The summed E-state index contributed by atoms with van der Waals surface area (Å²) < 4.78 is 0. The Morgan fingerprint density at radius 1 is 0.274 bits per heavy atom. The van der Waals surface area contributed by atoms with Gasteiger partial charge in [-0.05, 0) is 92.0 Å². The SMILES string of the molecule is c1ccc(-c2ccc(-c3ccc(-c4nc(-c5ccccc5)nc(-c5ccc6c(c5)C5(c7ccccc7-c7ccccc75)c5ccccc5N6c5ccccc5)n4)cc3)cc2)cc1. The molecule has 62 heavy (non-hydrogen) atoms. The van der Waals surface area contributed by atoms with E-state index in [2.05, 4.69) is 211 Å². The third-order valence-corrected chi connectivity index (χ3v) is 12.6. The highest BCUT2D eigenvalue weighted by atomic mass is 15.2. The minimum atomic E-state index is -0.590. The van der Waals surface area contributed by atoms with E-state index in [1.165, 1.54) is 44.5 Å². The predicted octanol–water partition coefficient (Wildman–Crippen LogP) is 14.4. The van der Waals surface area contributed by atoms with Crippen LogP contribution in [0.4, 0.5) is 17.1 Å². The molecule has 0 radical (unpaired) electrons. The first kappa shape index (κ1) is 35.7.